The molecule has 1 saturated heterocycles. The summed E-state index contributed by atoms with van der Waals surface area (Å²) in [5.74, 6) is 0.887. The molecule has 2 heteroatoms. The molecule has 1 aliphatic heterocycles. The van der Waals surface area contributed by atoms with E-state index in [2.05, 4.69) is 11.8 Å². The highest BCUT2D eigenvalue weighted by atomic mass is 15.2. The smallest absolute Gasteiger partial charge is 0.0247 e. The summed E-state index contributed by atoms with van der Waals surface area (Å²) < 4.78 is 0. The molecule has 2 N–H and O–H groups in total. The predicted molar refractivity (Wildman–Crippen MR) is 60.2 cm³/mol. The van der Waals surface area contributed by atoms with Crippen molar-refractivity contribution in [3.05, 3.63) is 0 Å². The minimum Gasteiger partial charge on any atom is -0.326 e. The summed E-state index contributed by atoms with van der Waals surface area (Å²) in [6.45, 7) is 4.96. The Bertz CT molecular complexity index is 181. The van der Waals surface area contributed by atoms with Crippen molar-refractivity contribution in [2.24, 2.45) is 11.7 Å². The highest BCUT2D eigenvalue weighted by molar-refractivity contribution is 4.87. The van der Waals surface area contributed by atoms with E-state index in [0.717, 1.165) is 5.92 Å². The Morgan fingerprint density at radius 1 is 1.07 bits per heavy atom. The number of rotatable bonds is 1. The van der Waals surface area contributed by atoms with Crippen molar-refractivity contribution >= 4 is 0 Å². The van der Waals surface area contributed by atoms with Crippen LogP contribution in [0.3, 0.4) is 0 Å². The van der Waals surface area contributed by atoms with Gasteiger partial charge in [0, 0.05) is 18.6 Å². The van der Waals surface area contributed by atoms with Crippen LogP contribution in [0.25, 0.3) is 0 Å². The van der Waals surface area contributed by atoms with Crippen molar-refractivity contribution in [3.8, 4) is 0 Å². The second-order valence-corrected chi connectivity index (χ2v) is 5.26. The van der Waals surface area contributed by atoms with E-state index in [9.17, 15) is 0 Å². The van der Waals surface area contributed by atoms with Crippen LogP contribution in [-0.4, -0.2) is 30.1 Å². The topological polar surface area (TPSA) is 29.3 Å². The number of hydrogen-bond acceptors (Lipinski definition) is 2. The van der Waals surface area contributed by atoms with Crippen molar-refractivity contribution in [1.82, 2.24) is 4.90 Å². The van der Waals surface area contributed by atoms with Crippen molar-refractivity contribution in [3.63, 3.8) is 0 Å². The Balaban J connectivity index is 1.91. The maximum atomic E-state index is 6.21. The first-order valence-electron chi connectivity index (χ1n) is 6.27. The zero-order chi connectivity index (χ0) is 9.97. The van der Waals surface area contributed by atoms with E-state index >= 15 is 0 Å². The molecule has 0 aromatic rings. The number of nitrogens with zero attached hydrogens (tertiary/aromatic N) is 1. The van der Waals surface area contributed by atoms with Gasteiger partial charge in [0.15, 0.2) is 0 Å². The molecule has 1 saturated carbocycles. The second-order valence-electron chi connectivity index (χ2n) is 5.26. The van der Waals surface area contributed by atoms with Gasteiger partial charge in [0.25, 0.3) is 0 Å². The van der Waals surface area contributed by atoms with E-state index in [4.69, 9.17) is 5.73 Å². The van der Waals surface area contributed by atoms with E-state index < -0.39 is 0 Å². The average molecular weight is 196 g/mol. The summed E-state index contributed by atoms with van der Waals surface area (Å²) in [6, 6.07) is 1.15. The Morgan fingerprint density at radius 3 is 2.57 bits per heavy atom. The van der Waals surface area contributed by atoms with Gasteiger partial charge in [-0.25, -0.2) is 0 Å². The lowest BCUT2D eigenvalue weighted by atomic mass is 9.87. The summed E-state index contributed by atoms with van der Waals surface area (Å²) in [6.07, 6.45) is 8.12. The number of likely N-dealkylation sites (tertiary alicyclic amines) is 1. The van der Waals surface area contributed by atoms with Crippen LogP contribution in [0.4, 0.5) is 0 Å². The van der Waals surface area contributed by atoms with Crippen molar-refractivity contribution in [2.45, 2.75) is 57.5 Å². The summed E-state index contributed by atoms with van der Waals surface area (Å²) >= 11 is 0. The molecule has 2 fully saturated rings. The molecule has 82 valence electrons. The van der Waals surface area contributed by atoms with Crippen LogP contribution in [-0.2, 0) is 0 Å². The van der Waals surface area contributed by atoms with Gasteiger partial charge in [-0.3, -0.25) is 4.90 Å². The van der Waals surface area contributed by atoms with E-state index in [-0.39, 0.29) is 0 Å². The Hall–Kier alpha value is -0.0800. The van der Waals surface area contributed by atoms with Crippen molar-refractivity contribution in [2.75, 3.05) is 13.1 Å². The standard InChI is InChI=1S/C12H24N2/c1-10-5-4-8-14(9-10)12-7-3-2-6-11(12)13/h10-12H,2-9,13H2,1H3. The number of hydrogen-bond donors (Lipinski definition) is 1. The molecule has 1 heterocycles. The molecule has 1 aliphatic carbocycles. The zero-order valence-corrected chi connectivity index (χ0v) is 9.41. The molecule has 0 radical (unpaired) electrons. The lowest BCUT2D eigenvalue weighted by Crippen LogP contribution is -2.52. The maximum Gasteiger partial charge on any atom is 0.0247 e. The van der Waals surface area contributed by atoms with Gasteiger partial charge in [-0.2, -0.15) is 0 Å². The van der Waals surface area contributed by atoms with Gasteiger partial charge in [-0.05, 0) is 38.1 Å². The minimum absolute atomic E-state index is 0.453. The summed E-state index contributed by atoms with van der Waals surface area (Å²) in [7, 11) is 0. The van der Waals surface area contributed by atoms with Gasteiger partial charge < -0.3 is 5.73 Å². The monoisotopic (exact) mass is 196 g/mol. The van der Waals surface area contributed by atoms with Gasteiger partial charge in [0.1, 0.15) is 0 Å². The number of nitrogens with two attached hydrogens (primary N) is 1. The highest BCUT2D eigenvalue weighted by Gasteiger charge is 2.29. The Kier molecular flexibility index (Phi) is 3.45. The molecule has 2 aliphatic rings. The Morgan fingerprint density at radius 2 is 1.86 bits per heavy atom. The molecular formula is C12H24N2. The van der Waals surface area contributed by atoms with Gasteiger partial charge in [0.05, 0.1) is 0 Å². The molecule has 0 bridgehead atoms. The largest absolute Gasteiger partial charge is 0.326 e. The van der Waals surface area contributed by atoms with E-state index in [1.807, 2.05) is 0 Å². The molecule has 0 amide bonds. The molecule has 14 heavy (non-hydrogen) atoms. The third-order valence-electron chi connectivity index (χ3n) is 3.94. The predicted octanol–water partition coefficient (Wildman–Crippen LogP) is 1.99. The quantitative estimate of drug-likeness (QED) is 0.695. The third kappa shape index (κ3) is 2.29. The molecule has 0 spiro atoms. The summed E-state index contributed by atoms with van der Waals surface area (Å²) in [4.78, 5) is 2.66. The fraction of sp³-hybridized carbons (Fsp3) is 1.00. The first kappa shape index (κ1) is 10.4. The van der Waals surface area contributed by atoms with Crippen molar-refractivity contribution < 1.29 is 0 Å². The molecule has 0 aromatic carbocycles. The van der Waals surface area contributed by atoms with Crippen LogP contribution < -0.4 is 5.73 Å². The Labute approximate surface area is 87.8 Å². The van der Waals surface area contributed by atoms with Gasteiger partial charge in [0.2, 0.25) is 0 Å². The fourth-order valence-corrected chi connectivity index (χ4v) is 3.12. The van der Waals surface area contributed by atoms with Crippen LogP contribution in [0.5, 0.6) is 0 Å². The molecular weight excluding hydrogens is 172 g/mol. The lowest BCUT2D eigenvalue weighted by Gasteiger charge is -2.42. The summed E-state index contributed by atoms with van der Waals surface area (Å²) in [5.41, 5.74) is 6.21. The second kappa shape index (κ2) is 4.63. The lowest BCUT2D eigenvalue weighted by molar-refractivity contribution is 0.0910. The third-order valence-corrected chi connectivity index (χ3v) is 3.94. The van der Waals surface area contributed by atoms with Gasteiger partial charge in [-0.15, -0.1) is 0 Å². The SMILES string of the molecule is CC1CCCN(C2CCCCC2N)C1. The molecule has 2 nitrogen and oxygen atoms in total. The van der Waals surface area contributed by atoms with Crippen LogP contribution in [0.15, 0.2) is 0 Å². The zero-order valence-electron chi connectivity index (χ0n) is 9.41. The van der Waals surface area contributed by atoms with Crippen LogP contribution in [0.2, 0.25) is 0 Å². The number of piperidine rings is 1. The first-order chi connectivity index (χ1) is 6.77. The molecule has 3 atom stereocenters. The van der Waals surface area contributed by atoms with Crippen LogP contribution in [0, 0.1) is 5.92 Å². The van der Waals surface area contributed by atoms with Gasteiger partial charge >= 0.3 is 0 Å². The normalized spacial score (nSPS) is 41.1. The highest BCUT2D eigenvalue weighted by Crippen LogP contribution is 2.26. The fourth-order valence-electron chi connectivity index (χ4n) is 3.12. The molecule has 2 rings (SSSR count). The van der Waals surface area contributed by atoms with E-state index in [1.165, 1.54) is 51.6 Å². The van der Waals surface area contributed by atoms with E-state index in [0.29, 0.717) is 12.1 Å². The maximum absolute atomic E-state index is 6.21. The average Bonchev–Trinajstić information content (AvgIpc) is 2.18. The molecule has 3 unspecified atom stereocenters. The van der Waals surface area contributed by atoms with Gasteiger partial charge in [-0.1, -0.05) is 19.8 Å². The van der Waals surface area contributed by atoms with E-state index in [1.54, 1.807) is 0 Å². The summed E-state index contributed by atoms with van der Waals surface area (Å²) in [5, 5.41) is 0. The first-order valence-corrected chi connectivity index (χ1v) is 6.27. The van der Waals surface area contributed by atoms with Crippen molar-refractivity contribution in [1.29, 1.82) is 0 Å². The minimum atomic E-state index is 0.453. The van der Waals surface area contributed by atoms with Crippen LogP contribution >= 0.6 is 0 Å². The van der Waals surface area contributed by atoms with Crippen LogP contribution in [0.1, 0.15) is 45.4 Å². The molecule has 0 aromatic heterocycles.